The predicted octanol–water partition coefficient (Wildman–Crippen LogP) is 18.4. The van der Waals surface area contributed by atoms with Gasteiger partial charge in [-0.15, -0.1) is 0 Å². The van der Waals surface area contributed by atoms with Gasteiger partial charge in [0, 0.05) is 19.3 Å². The summed E-state index contributed by atoms with van der Waals surface area (Å²) < 4.78 is 16.8. The molecule has 0 aromatic rings. The standard InChI is InChI=1S/C60H102O6/c1-4-7-10-13-16-19-22-25-27-29-30-32-33-35-38-41-44-47-50-53-59(62)65-56-57(55-64-58(61)52-49-46-43-40-37-24-21-18-15-12-9-6-3)66-60(63)54-51-48-45-42-39-36-34-31-28-26-23-20-17-14-11-8-5-2/h7-8,10-11,16-17,19-20,25-28,30,32,57H,4-6,9,12-15,18,21-24,29,31,33-56H2,1-3H3/b10-7-,11-8-,19-16-,20-17-,27-25-,28-26-,32-30-. The minimum absolute atomic E-state index is 0.0838. The van der Waals surface area contributed by atoms with Gasteiger partial charge in [-0.3, -0.25) is 14.4 Å². The van der Waals surface area contributed by atoms with Crippen LogP contribution in [0.3, 0.4) is 0 Å². The van der Waals surface area contributed by atoms with Crippen LogP contribution in [0.2, 0.25) is 0 Å². The van der Waals surface area contributed by atoms with Crippen molar-refractivity contribution in [1.82, 2.24) is 0 Å². The van der Waals surface area contributed by atoms with E-state index in [1.807, 2.05) is 0 Å². The van der Waals surface area contributed by atoms with Crippen LogP contribution in [-0.4, -0.2) is 37.2 Å². The Morgan fingerprint density at radius 1 is 0.318 bits per heavy atom. The maximum Gasteiger partial charge on any atom is 0.306 e. The summed E-state index contributed by atoms with van der Waals surface area (Å²) in [6, 6.07) is 0. The number of carbonyl (C=O) groups is 3. The Kier molecular flexibility index (Phi) is 51.4. The van der Waals surface area contributed by atoms with Gasteiger partial charge in [0.15, 0.2) is 6.10 Å². The number of hydrogen-bond acceptors (Lipinski definition) is 6. The van der Waals surface area contributed by atoms with Gasteiger partial charge in [-0.05, 0) is 89.9 Å². The highest BCUT2D eigenvalue weighted by atomic mass is 16.6. The van der Waals surface area contributed by atoms with E-state index in [9.17, 15) is 14.4 Å². The molecule has 0 aliphatic heterocycles. The van der Waals surface area contributed by atoms with E-state index in [2.05, 4.69) is 106 Å². The SMILES string of the molecule is CC/C=C\C/C=C\C/C=C\C/C=C\CCCCCCCCC(=O)OCC(COC(=O)CCCCCCCCCCCCCC)OC(=O)CCCCCCCCC/C=C\C/C=C\C/C=C\CC. The molecular weight excluding hydrogens is 817 g/mol. The summed E-state index contributed by atoms with van der Waals surface area (Å²) in [5.41, 5.74) is 0. The summed E-state index contributed by atoms with van der Waals surface area (Å²) in [5, 5.41) is 0. The molecule has 0 aliphatic carbocycles. The predicted molar refractivity (Wildman–Crippen MR) is 284 cm³/mol. The minimum atomic E-state index is -0.786. The first-order valence-electron chi connectivity index (χ1n) is 27.6. The van der Waals surface area contributed by atoms with Gasteiger partial charge in [0.05, 0.1) is 0 Å². The third kappa shape index (κ3) is 51.6. The van der Waals surface area contributed by atoms with E-state index in [4.69, 9.17) is 14.2 Å². The molecule has 378 valence electrons. The molecule has 0 spiro atoms. The van der Waals surface area contributed by atoms with E-state index in [0.29, 0.717) is 19.3 Å². The van der Waals surface area contributed by atoms with Gasteiger partial charge < -0.3 is 14.2 Å². The molecule has 66 heavy (non-hydrogen) atoms. The van der Waals surface area contributed by atoms with Crippen molar-refractivity contribution in [1.29, 1.82) is 0 Å². The van der Waals surface area contributed by atoms with E-state index in [0.717, 1.165) is 116 Å². The molecule has 0 aromatic heterocycles. The summed E-state index contributed by atoms with van der Waals surface area (Å²) in [5.74, 6) is -0.904. The van der Waals surface area contributed by atoms with Crippen molar-refractivity contribution in [3.63, 3.8) is 0 Å². The van der Waals surface area contributed by atoms with E-state index < -0.39 is 6.10 Å². The van der Waals surface area contributed by atoms with Crippen molar-refractivity contribution in [2.75, 3.05) is 13.2 Å². The number of allylic oxidation sites excluding steroid dienone is 14. The highest BCUT2D eigenvalue weighted by Crippen LogP contribution is 2.15. The van der Waals surface area contributed by atoms with Crippen molar-refractivity contribution < 1.29 is 28.6 Å². The lowest BCUT2D eigenvalue weighted by Crippen LogP contribution is -2.30. The number of rotatable bonds is 49. The van der Waals surface area contributed by atoms with Crippen LogP contribution in [0.1, 0.15) is 258 Å². The molecule has 0 radical (unpaired) electrons. The third-order valence-corrected chi connectivity index (χ3v) is 11.6. The molecular formula is C60H102O6. The molecule has 0 bridgehead atoms. The molecule has 0 amide bonds. The second-order valence-corrected chi connectivity index (χ2v) is 18.1. The number of hydrogen-bond donors (Lipinski definition) is 0. The molecule has 0 N–H and O–H groups in total. The van der Waals surface area contributed by atoms with Crippen molar-refractivity contribution >= 4 is 17.9 Å². The highest BCUT2D eigenvalue weighted by molar-refractivity contribution is 5.71. The van der Waals surface area contributed by atoms with Crippen LogP contribution in [0.15, 0.2) is 85.1 Å². The van der Waals surface area contributed by atoms with Gasteiger partial charge in [0.1, 0.15) is 13.2 Å². The lowest BCUT2D eigenvalue weighted by Gasteiger charge is -2.18. The van der Waals surface area contributed by atoms with Crippen molar-refractivity contribution in [3.05, 3.63) is 85.1 Å². The number of carbonyl (C=O) groups excluding carboxylic acids is 3. The molecule has 0 fully saturated rings. The second-order valence-electron chi connectivity index (χ2n) is 18.1. The highest BCUT2D eigenvalue weighted by Gasteiger charge is 2.19. The molecule has 0 saturated heterocycles. The largest absolute Gasteiger partial charge is 0.462 e. The maximum absolute atomic E-state index is 12.8. The van der Waals surface area contributed by atoms with Crippen LogP contribution >= 0.6 is 0 Å². The van der Waals surface area contributed by atoms with Crippen LogP contribution in [0.5, 0.6) is 0 Å². The summed E-state index contributed by atoms with van der Waals surface area (Å²) >= 11 is 0. The van der Waals surface area contributed by atoms with Gasteiger partial charge in [0.2, 0.25) is 0 Å². The molecule has 6 nitrogen and oxygen atoms in total. The van der Waals surface area contributed by atoms with E-state index in [-0.39, 0.29) is 31.1 Å². The quantitative estimate of drug-likeness (QED) is 0.0262. The van der Waals surface area contributed by atoms with E-state index in [1.54, 1.807) is 0 Å². The van der Waals surface area contributed by atoms with E-state index >= 15 is 0 Å². The number of ether oxygens (including phenoxy) is 3. The Morgan fingerprint density at radius 2 is 0.591 bits per heavy atom. The van der Waals surface area contributed by atoms with E-state index in [1.165, 1.54) is 103 Å². The first-order chi connectivity index (χ1) is 32.5. The molecule has 0 saturated carbocycles. The molecule has 1 atom stereocenters. The van der Waals surface area contributed by atoms with Crippen LogP contribution in [0, 0.1) is 0 Å². The fourth-order valence-electron chi connectivity index (χ4n) is 7.57. The van der Waals surface area contributed by atoms with Gasteiger partial charge in [0.25, 0.3) is 0 Å². The van der Waals surface area contributed by atoms with Crippen molar-refractivity contribution in [2.45, 2.75) is 264 Å². The third-order valence-electron chi connectivity index (χ3n) is 11.6. The van der Waals surface area contributed by atoms with Crippen molar-refractivity contribution in [2.24, 2.45) is 0 Å². The van der Waals surface area contributed by atoms with Gasteiger partial charge in [-0.1, -0.05) is 234 Å². The first-order valence-corrected chi connectivity index (χ1v) is 27.6. The normalized spacial score (nSPS) is 12.7. The van der Waals surface area contributed by atoms with Crippen LogP contribution in [0.25, 0.3) is 0 Å². The Balaban J connectivity index is 4.40. The van der Waals surface area contributed by atoms with Crippen LogP contribution < -0.4 is 0 Å². The fraction of sp³-hybridized carbons (Fsp3) is 0.717. The summed E-state index contributed by atoms with van der Waals surface area (Å²) in [6.45, 7) is 6.40. The molecule has 0 heterocycles. The second kappa shape index (κ2) is 54.2. The number of esters is 3. The number of unbranched alkanes of at least 4 members (excludes halogenated alkanes) is 24. The first kappa shape index (κ1) is 62.6. The Bertz CT molecular complexity index is 1290. The summed E-state index contributed by atoms with van der Waals surface area (Å²) in [6.07, 6.45) is 69.9. The zero-order chi connectivity index (χ0) is 47.9. The Morgan fingerprint density at radius 3 is 0.924 bits per heavy atom. The zero-order valence-corrected chi connectivity index (χ0v) is 43.2. The maximum atomic E-state index is 12.8. The average Bonchev–Trinajstić information content (AvgIpc) is 3.31. The zero-order valence-electron chi connectivity index (χ0n) is 43.2. The lowest BCUT2D eigenvalue weighted by atomic mass is 10.0. The Hall–Kier alpha value is -3.41. The topological polar surface area (TPSA) is 78.9 Å². The Labute approximate surface area is 407 Å². The van der Waals surface area contributed by atoms with Gasteiger partial charge >= 0.3 is 17.9 Å². The smallest absolute Gasteiger partial charge is 0.306 e. The van der Waals surface area contributed by atoms with Gasteiger partial charge in [-0.2, -0.15) is 0 Å². The van der Waals surface area contributed by atoms with Crippen molar-refractivity contribution in [3.8, 4) is 0 Å². The van der Waals surface area contributed by atoms with Crippen LogP contribution in [0.4, 0.5) is 0 Å². The fourth-order valence-corrected chi connectivity index (χ4v) is 7.57. The lowest BCUT2D eigenvalue weighted by molar-refractivity contribution is -0.167. The molecule has 0 rings (SSSR count). The summed E-state index contributed by atoms with van der Waals surface area (Å²) in [4.78, 5) is 38.1. The molecule has 6 heteroatoms. The average molecular weight is 919 g/mol. The minimum Gasteiger partial charge on any atom is -0.462 e. The molecule has 0 aromatic carbocycles. The summed E-state index contributed by atoms with van der Waals surface area (Å²) in [7, 11) is 0. The molecule has 0 aliphatic rings. The van der Waals surface area contributed by atoms with Crippen LogP contribution in [-0.2, 0) is 28.6 Å². The molecule has 1 unspecified atom stereocenters. The van der Waals surface area contributed by atoms with Gasteiger partial charge in [-0.25, -0.2) is 0 Å². The monoisotopic (exact) mass is 919 g/mol.